The van der Waals surface area contributed by atoms with Crippen molar-refractivity contribution in [1.82, 2.24) is 0 Å². The summed E-state index contributed by atoms with van der Waals surface area (Å²) in [4.78, 5) is 34.1. The van der Waals surface area contributed by atoms with Crippen LogP contribution in [0.25, 0.3) is 0 Å². The van der Waals surface area contributed by atoms with Crippen LogP contribution >= 0.6 is 0 Å². The molecule has 2 amide bonds. The van der Waals surface area contributed by atoms with E-state index in [0.29, 0.717) is 23.4 Å². The smallest absolute Gasteiger partial charge is 0.314 e. The SMILES string of the molecule is O=CCOc1ccccc1NC(=O)C(=O)Nc1ccccc1. The molecular weight excluding hydrogens is 284 g/mol. The molecule has 0 bridgehead atoms. The fourth-order valence-electron chi connectivity index (χ4n) is 1.71. The number of hydrogen-bond acceptors (Lipinski definition) is 4. The van der Waals surface area contributed by atoms with Gasteiger partial charge in [0.05, 0.1) is 5.69 Å². The summed E-state index contributed by atoms with van der Waals surface area (Å²) in [6, 6.07) is 15.2. The molecule has 2 N–H and O–H groups in total. The first kappa shape index (κ1) is 15.2. The van der Waals surface area contributed by atoms with E-state index in [0.717, 1.165) is 0 Å². The number of para-hydroxylation sites is 3. The van der Waals surface area contributed by atoms with Gasteiger partial charge in [-0.1, -0.05) is 30.3 Å². The van der Waals surface area contributed by atoms with Crippen LogP contribution in [0.4, 0.5) is 11.4 Å². The highest BCUT2D eigenvalue weighted by atomic mass is 16.5. The van der Waals surface area contributed by atoms with Gasteiger partial charge in [-0.3, -0.25) is 14.4 Å². The molecule has 2 aromatic rings. The fraction of sp³-hybridized carbons (Fsp3) is 0.0625. The highest BCUT2D eigenvalue weighted by Gasteiger charge is 2.15. The lowest BCUT2D eigenvalue weighted by molar-refractivity contribution is -0.133. The lowest BCUT2D eigenvalue weighted by Gasteiger charge is -2.10. The topological polar surface area (TPSA) is 84.5 Å². The number of carbonyl (C=O) groups is 3. The van der Waals surface area contributed by atoms with Crippen molar-refractivity contribution >= 4 is 29.5 Å². The fourth-order valence-corrected chi connectivity index (χ4v) is 1.71. The molecule has 0 saturated carbocycles. The van der Waals surface area contributed by atoms with Gasteiger partial charge in [-0.05, 0) is 24.3 Å². The maximum atomic E-state index is 11.9. The molecule has 0 saturated heterocycles. The van der Waals surface area contributed by atoms with E-state index in [1.54, 1.807) is 54.6 Å². The van der Waals surface area contributed by atoms with E-state index >= 15 is 0 Å². The first-order valence-electron chi connectivity index (χ1n) is 6.53. The van der Waals surface area contributed by atoms with Crippen LogP contribution in [0.3, 0.4) is 0 Å². The summed E-state index contributed by atoms with van der Waals surface area (Å²) in [7, 11) is 0. The Labute approximate surface area is 127 Å². The van der Waals surface area contributed by atoms with E-state index < -0.39 is 11.8 Å². The van der Waals surface area contributed by atoms with E-state index in [9.17, 15) is 14.4 Å². The van der Waals surface area contributed by atoms with Crippen LogP contribution in [-0.2, 0) is 14.4 Å². The second-order valence-electron chi connectivity index (χ2n) is 4.25. The Morgan fingerprint density at radius 1 is 0.909 bits per heavy atom. The molecular formula is C16H14N2O4. The minimum atomic E-state index is -0.828. The van der Waals surface area contributed by atoms with Gasteiger partial charge in [-0.2, -0.15) is 0 Å². The Balaban J connectivity index is 2.02. The Morgan fingerprint density at radius 2 is 1.55 bits per heavy atom. The zero-order valence-corrected chi connectivity index (χ0v) is 11.6. The first-order chi connectivity index (χ1) is 10.7. The Bertz CT molecular complexity index is 671. The standard InChI is InChI=1S/C16H14N2O4/c19-10-11-22-14-9-5-4-8-13(14)18-16(21)15(20)17-12-6-2-1-3-7-12/h1-10H,11H2,(H,17,20)(H,18,21). The highest BCUT2D eigenvalue weighted by Crippen LogP contribution is 2.23. The normalized spacial score (nSPS) is 9.64. The van der Waals surface area contributed by atoms with E-state index in [1.807, 2.05) is 0 Å². The first-order valence-corrected chi connectivity index (χ1v) is 6.53. The molecule has 2 aromatic carbocycles. The molecule has 0 aliphatic rings. The average Bonchev–Trinajstić information content (AvgIpc) is 2.55. The van der Waals surface area contributed by atoms with Crippen molar-refractivity contribution in [2.45, 2.75) is 0 Å². The molecule has 0 atom stereocenters. The molecule has 2 rings (SSSR count). The molecule has 112 valence electrons. The van der Waals surface area contributed by atoms with Crippen molar-refractivity contribution in [2.24, 2.45) is 0 Å². The minimum absolute atomic E-state index is 0.136. The number of anilines is 2. The third kappa shape index (κ3) is 4.17. The van der Waals surface area contributed by atoms with Crippen LogP contribution in [0.15, 0.2) is 54.6 Å². The van der Waals surface area contributed by atoms with Crippen molar-refractivity contribution < 1.29 is 19.1 Å². The average molecular weight is 298 g/mol. The molecule has 0 radical (unpaired) electrons. The largest absolute Gasteiger partial charge is 0.484 e. The molecule has 0 heterocycles. The number of hydrogen-bond donors (Lipinski definition) is 2. The second-order valence-corrected chi connectivity index (χ2v) is 4.25. The van der Waals surface area contributed by atoms with Gasteiger partial charge in [0.1, 0.15) is 12.4 Å². The summed E-state index contributed by atoms with van der Waals surface area (Å²) in [6.07, 6.45) is 0.598. The van der Waals surface area contributed by atoms with Crippen LogP contribution in [0.2, 0.25) is 0 Å². The van der Waals surface area contributed by atoms with Crippen LogP contribution in [0, 0.1) is 0 Å². The second kappa shape index (κ2) is 7.58. The zero-order valence-electron chi connectivity index (χ0n) is 11.6. The molecule has 0 aliphatic carbocycles. The van der Waals surface area contributed by atoms with E-state index in [4.69, 9.17) is 4.74 Å². The molecule has 0 spiro atoms. The van der Waals surface area contributed by atoms with E-state index in [2.05, 4.69) is 10.6 Å². The molecule has 0 aliphatic heterocycles. The van der Waals surface area contributed by atoms with Crippen molar-refractivity contribution in [3.8, 4) is 5.75 Å². The highest BCUT2D eigenvalue weighted by molar-refractivity contribution is 6.43. The van der Waals surface area contributed by atoms with Gasteiger partial charge in [0.25, 0.3) is 0 Å². The number of amides is 2. The molecule has 22 heavy (non-hydrogen) atoms. The zero-order chi connectivity index (χ0) is 15.8. The summed E-state index contributed by atoms with van der Waals surface area (Å²) in [6.45, 7) is -0.136. The maximum Gasteiger partial charge on any atom is 0.314 e. The Kier molecular flexibility index (Phi) is 5.25. The van der Waals surface area contributed by atoms with Crippen LogP contribution in [0.5, 0.6) is 5.75 Å². The lowest BCUT2D eigenvalue weighted by Crippen LogP contribution is -2.29. The summed E-state index contributed by atoms with van der Waals surface area (Å²) in [5.74, 6) is -1.31. The monoisotopic (exact) mass is 298 g/mol. The van der Waals surface area contributed by atoms with Crippen molar-refractivity contribution in [2.75, 3.05) is 17.2 Å². The maximum absolute atomic E-state index is 11.9. The summed E-state index contributed by atoms with van der Waals surface area (Å²) in [5, 5.41) is 4.92. The third-order valence-electron chi connectivity index (χ3n) is 2.68. The Hall–Kier alpha value is -3.15. The molecule has 0 aromatic heterocycles. The number of benzene rings is 2. The minimum Gasteiger partial charge on any atom is -0.484 e. The van der Waals surface area contributed by atoms with Gasteiger partial charge in [0.15, 0.2) is 6.29 Å². The van der Waals surface area contributed by atoms with Gasteiger partial charge in [-0.15, -0.1) is 0 Å². The van der Waals surface area contributed by atoms with Gasteiger partial charge in [-0.25, -0.2) is 0 Å². The summed E-state index contributed by atoms with van der Waals surface area (Å²) < 4.78 is 5.17. The molecule has 0 unspecified atom stereocenters. The van der Waals surface area contributed by atoms with Crippen LogP contribution in [-0.4, -0.2) is 24.7 Å². The lowest BCUT2D eigenvalue weighted by atomic mass is 10.3. The quantitative estimate of drug-likeness (QED) is 0.651. The number of rotatable bonds is 5. The Morgan fingerprint density at radius 3 is 2.27 bits per heavy atom. The van der Waals surface area contributed by atoms with Crippen molar-refractivity contribution in [1.29, 1.82) is 0 Å². The van der Waals surface area contributed by atoms with E-state index in [1.165, 1.54) is 0 Å². The van der Waals surface area contributed by atoms with Gasteiger partial charge >= 0.3 is 11.8 Å². The van der Waals surface area contributed by atoms with Crippen molar-refractivity contribution in [3.05, 3.63) is 54.6 Å². The van der Waals surface area contributed by atoms with Crippen LogP contribution in [0.1, 0.15) is 0 Å². The van der Waals surface area contributed by atoms with E-state index in [-0.39, 0.29) is 6.61 Å². The number of aldehydes is 1. The summed E-state index contributed by atoms with van der Waals surface area (Å²) in [5.41, 5.74) is 0.839. The molecule has 6 nitrogen and oxygen atoms in total. The molecule has 0 fully saturated rings. The molecule has 6 heteroatoms. The van der Waals surface area contributed by atoms with Crippen LogP contribution < -0.4 is 15.4 Å². The third-order valence-corrected chi connectivity index (χ3v) is 2.68. The predicted molar refractivity (Wildman–Crippen MR) is 81.7 cm³/mol. The van der Waals surface area contributed by atoms with Gasteiger partial charge in [0.2, 0.25) is 0 Å². The van der Waals surface area contributed by atoms with Crippen molar-refractivity contribution in [3.63, 3.8) is 0 Å². The number of carbonyl (C=O) groups excluding carboxylic acids is 3. The predicted octanol–water partition coefficient (Wildman–Crippen LogP) is 1.84. The number of nitrogens with one attached hydrogen (secondary N) is 2. The van der Waals surface area contributed by atoms with Gasteiger partial charge < -0.3 is 15.4 Å². The number of ether oxygens (including phenoxy) is 1. The summed E-state index contributed by atoms with van der Waals surface area (Å²) >= 11 is 0. The van der Waals surface area contributed by atoms with Gasteiger partial charge in [0, 0.05) is 5.69 Å².